The van der Waals surface area contributed by atoms with Crippen molar-refractivity contribution in [2.45, 2.75) is 18.1 Å². The summed E-state index contributed by atoms with van der Waals surface area (Å²) in [5, 5.41) is 11.7. The highest BCUT2D eigenvalue weighted by Gasteiger charge is 2.23. The van der Waals surface area contributed by atoms with Crippen molar-refractivity contribution in [3.05, 3.63) is 108 Å². The third-order valence-electron chi connectivity index (χ3n) is 4.56. The van der Waals surface area contributed by atoms with Crippen LogP contribution in [0.1, 0.15) is 28.5 Å². The topological polar surface area (TPSA) is 68.0 Å². The Morgan fingerprint density at radius 3 is 2.23 bits per heavy atom. The van der Waals surface area contributed by atoms with Gasteiger partial charge in [-0.1, -0.05) is 84.6 Å². The van der Waals surface area contributed by atoms with Gasteiger partial charge >= 0.3 is 0 Å². The second-order valence-corrected chi connectivity index (χ2v) is 7.79. The molecule has 5 nitrogen and oxygen atoms in total. The molecule has 0 saturated carbocycles. The lowest BCUT2D eigenvalue weighted by molar-refractivity contribution is -0.113. The molecular formula is C24H21N3O2S. The fourth-order valence-corrected chi connectivity index (χ4v) is 3.78. The van der Waals surface area contributed by atoms with Gasteiger partial charge in [0.2, 0.25) is 11.8 Å². The zero-order valence-electron chi connectivity index (χ0n) is 16.5. The number of amides is 1. The number of aromatic nitrogens is 2. The van der Waals surface area contributed by atoms with Gasteiger partial charge in [0.05, 0.1) is 11.7 Å². The van der Waals surface area contributed by atoms with Crippen molar-refractivity contribution in [2.24, 2.45) is 0 Å². The number of nitrogens with zero attached hydrogens (tertiary/aromatic N) is 2. The van der Waals surface area contributed by atoms with Gasteiger partial charge in [-0.15, -0.1) is 10.2 Å². The summed E-state index contributed by atoms with van der Waals surface area (Å²) in [6.07, 6.45) is 0. The Balaban J connectivity index is 1.47. The first-order valence-corrected chi connectivity index (χ1v) is 10.6. The van der Waals surface area contributed by atoms with Crippen LogP contribution in [0.5, 0.6) is 0 Å². The lowest BCUT2D eigenvalue weighted by atomic mass is 9.91. The number of aryl methyl sites for hydroxylation is 1. The Hall–Kier alpha value is -3.38. The molecule has 0 unspecified atom stereocenters. The highest BCUT2D eigenvalue weighted by molar-refractivity contribution is 7.99. The first-order chi connectivity index (χ1) is 14.7. The van der Waals surface area contributed by atoms with Crippen LogP contribution in [0.3, 0.4) is 0 Å². The van der Waals surface area contributed by atoms with E-state index in [1.54, 1.807) is 0 Å². The standard InChI is InChI=1S/C24H21N3O2S/c1-17-9-8-14-20(15-17)25-21(28)16-30-24-27-26-23(29-24)22(18-10-4-2-5-11-18)19-12-6-3-7-13-19/h2-15,22H,16H2,1H3,(H,25,28). The highest BCUT2D eigenvalue weighted by Crippen LogP contribution is 2.32. The fourth-order valence-electron chi connectivity index (χ4n) is 3.21. The molecule has 150 valence electrons. The normalized spacial score (nSPS) is 10.9. The zero-order valence-corrected chi connectivity index (χ0v) is 17.3. The number of hydrogen-bond acceptors (Lipinski definition) is 5. The minimum absolute atomic E-state index is 0.118. The van der Waals surface area contributed by atoms with Crippen LogP contribution in [-0.4, -0.2) is 21.9 Å². The molecule has 0 aliphatic rings. The SMILES string of the molecule is Cc1cccc(NC(=O)CSc2nnc(C(c3ccccc3)c3ccccc3)o2)c1. The van der Waals surface area contributed by atoms with E-state index in [1.807, 2.05) is 91.9 Å². The van der Waals surface area contributed by atoms with Gasteiger partial charge in [-0.3, -0.25) is 4.79 Å². The molecule has 0 spiro atoms. The smallest absolute Gasteiger partial charge is 0.277 e. The molecular weight excluding hydrogens is 394 g/mol. The highest BCUT2D eigenvalue weighted by atomic mass is 32.2. The molecule has 1 aromatic heterocycles. The van der Waals surface area contributed by atoms with Gasteiger partial charge in [0.25, 0.3) is 5.22 Å². The summed E-state index contributed by atoms with van der Waals surface area (Å²) < 4.78 is 5.94. The summed E-state index contributed by atoms with van der Waals surface area (Å²) in [4.78, 5) is 12.3. The van der Waals surface area contributed by atoms with Crippen LogP contribution in [0.15, 0.2) is 94.6 Å². The Morgan fingerprint density at radius 1 is 0.933 bits per heavy atom. The fraction of sp³-hybridized carbons (Fsp3) is 0.125. The van der Waals surface area contributed by atoms with Gasteiger partial charge in [-0.25, -0.2) is 0 Å². The van der Waals surface area contributed by atoms with Crippen molar-refractivity contribution in [3.8, 4) is 0 Å². The van der Waals surface area contributed by atoms with Crippen molar-refractivity contribution >= 4 is 23.4 Å². The number of benzene rings is 3. The van der Waals surface area contributed by atoms with E-state index in [0.717, 1.165) is 22.4 Å². The predicted octanol–water partition coefficient (Wildman–Crippen LogP) is 5.29. The van der Waals surface area contributed by atoms with E-state index < -0.39 is 0 Å². The lowest BCUT2D eigenvalue weighted by Crippen LogP contribution is -2.13. The second-order valence-electron chi connectivity index (χ2n) is 6.87. The van der Waals surface area contributed by atoms with Crippen LogP contribution in [0.25, 0.3) is 0 Å². The molecule has 0 bridgehead atoms. The maximum absolute atomic E-state index is 12.3. The Labute approximate surface area is 179 Å². The number of rotatable bonds is 7. The van der Waals surface area contributed by atoms with Crippen molar-refractivity contribution in [1.29, 1.82) is 0 Å². The maximum Gasteiger partial charge on any atom is 0.277 e. The molecule has 4 aromatic rings. The van der Waals surface area contributed by atoms with E-state index >= 15 is 0 Å². The summed E-state index contributed by atoms with van der Waals surface area (Å²) in [6.45, 7) is 1.99. The van der Waals surface area contributed by atoms with E-state index in [4.69, 9.17) is 4.42 Å². The van der Waals surface area contributed by atoms with Crippen molar-refractivity contribution in [2.75, 3.05) is 11.1 Å². The summed E-state index contributed by atoms with van der Waals surface area (Å²) in [5.41, 5.74) is 4.01. The van der Waals surface area contributed by atoms with Crippen molar-refractivity contribution < 1.29 is 9.21 Å². The first kappa shape index (κ1) is 19.9. The van der Waals surface area contributed by atoms with Crippen LogP contribution < -0.4 is 5.32 Å². The molecule has 3 aromatic carbocycles. The van der Waals surface area contributed by atoms with Gasteiger partial charge in [0.15, 0.2) is 0 Å². The van der Waals surface area contributed by atoms with Gasteiger partial charge in [-0.2, -0.15) is 0 Å². The van der Waals surface area contributed by atoms with Gasteiger partial charge in [0.1, 0.15) is 0 Å². The number of carbonyl (C=O) groups excluding carboxylic acids is 1. The summed E-state index contributed by atoms with van der Waals surface area (Å²) in [5.74, 6) is 0.425. The zero-order chi connectivity index (χ0) is 20.8. The van der Waals surface area contributed by atoms with E-state index in [2.05, 4.69) is 15.5 Å². The Kier molecular flexibility index (Phi) is 6.25. The monoisotopic (exact) mass is 415 g/mol. The number of hydrogen-bond donors (Lipinski definition) is 1. The van der Waals surface area contributed by atoms with E-state index in [-0.39, 0.29) is 17.6 Å². The average Bonchev–Trinajstić information content (AvgIpc) is 3.23. The van der Waals surface area contributed by atoms with E-state index in [1.165, 1.54) is 11.8 Å². The molecule has 0 saturated heterocycles. The van der Waals surface area contributed by atoms with Gasteiger partial charge in [-0.05, 0) is 35.7 Å². The van der Waals surface area contributed by atoms with Gasteiger partial charge < -0.3 is 9.73 Å². The Bertz CT molecular complexity index is 1070. The Morgan fingerprint density at radius 2 is 1.60 bits per heavy atom. The second kappa shape index (κ2) is 9.41. The molecule has 0 radical (unpaired) electrons. The van der Waals surface area contributed by atoms with Crippen LogP contribution in [-0.2, 0) is 4.79 Å². The van der Waals surface area contributed by atoms with Crippen LogP contribution in [0.4, 0.5) is 5.69 Å². The van der Waals surface area contributed by atoms with E-state index in [9.17, 15) is 4.79 Å². The third-order valence-corrected chi connectivity index (χ3v) is 5.38. The molecule has 1 heterocycles. The molecule has 0 aliphatic heterocycles. The quantitative estimate of drug-likeness (QED) is 0.416. The molecule has 4 rings (SSSR count). The molecule has 6 heteroatoms. The van der Waals surface area contributed by atoms with Crippen molar-refractivity contribution in [1.82, 2.24) is 10.2 Å². The number of carbonyl (C=O) groups is 1. The molecule has 1 amide bonds. The van der Waals surface area contributed by atoms with E-state index in [0.29, 0.717) is 11.1 Å². The minimum Gasteiger partial charge on any atom is -0.415 e. The maximum atomic E-state index is 12.3. The minimum atomic E-state index is -0.157. The molecule has 0 fully saturated rings. The number of thioether (sulfide) groups is 1. The summed E-state index contributed by atoms with van der Waals surface area (Å²) in [7, 11) is 0. The molecule has 0 atom stereocenters. The third kappa shape index (κ3) is 4.96. The molecule has 0 aliphatic carbocycles. The number of anilines is 1. The van der Waals surface area contributed by atoms with Gasteiger partial charge in [0, 0.05) is 5.69 Å². The van der Waals surface area contributed by atoms with Crippen LogP contribution in [0.2, 0.25) is 0 Å². The van der Waals surface area contributed by atoms with Crippen molar-refractivity contribution in [3.63, 3.8) is 0 Å². The van der Waals surface area contributed by atoms with Crippen LogP contribution in [0, 0.1) is 6.92 Å². The first-order valence-electron chi connectivity index (χ1n) is 9.61. The largest absolute Gasteiger partial charge is 0.415 e. The lowest BCUT2D eigenvalue weighted by Gasteiger charge is -2.13. The molecule has 30 heavy (non-hydrogen) atoms. The molecule has 1 N–H and O–H groups in total. The van der Waals surface area contributed by atoms with Crippen LogP contribution >= 0.6 is 11.8 Å². The number of nitrogens with one attached hydrogen (secondary N) is 1. The predicted molar refractivity (Wildman–Crippen MR) is 119 cm³/mol. The average molecular weight is 416 g/mol. The summed E-state index contributed by atoms with van der Waals surface area (Å²) in [6, 6.07) is 27.8. The summed E-state index contributed by atoms with van der Waals surface area (Å²) >= 11 is 1.23.